The van der Waals surface area contributed by atoms with E-state index in [1.807, 2.05) is 0 Å². The van der Waals surface area contributed by atoms with E-state index in [0.29, 0.717) is 21.4 Å². The van der Waals surface area contributed by atoms with Crippen LogP contribution < -0.4 is 0 Å². The van der Waals surface area contributed by atoms with Crippen LogP contribution in [-0.2, 0) is 19.0 Å². The van der Waals surface area contributed by atoms with Crippen molar-refractivity contribution in [1.29, 1.82) is 0 Å². The third-order valence-corrected chi connectivity index (χ3v) is 6.58. The number of nitrogens with zero attached hydrogens (tertiary/aromatic N) is 1. The number of fused-ring (bicyclic) bond motifs is 1. The van der Waals surface area contributed by atoms with Gasteiger partial charge in [0.15, 0.2) is 12.1 Å². The van der Waals surface area contributed by atoms with E-state index in [9.17, 15) is 9.90 Å². The van der Waals surface area contributed by atoms with Gasteiger partial charge in [0, 0.05) is 15.6 Å². The van der Waals surface area contributed by atoms with Gasteiger partial charge in [-0.3, -0.25) is 4.79 Å². The van der Waals surface area contributed by atoms with E-state index in [2.05, 4.69) is 0 Å². The van der Waals surface area contributed by atoms with Gasteiger partial charge >= 0.3 is 0 Å². The van der Waals surface area contributed by atoms with Gasteiger partial charge in [-0.15, -0.1) is 11.8 Å². The average molecular weight is 420 g/mol. The number of aliphatic hydroxyl groups is 1. The van der Waals surface area contributed by atoms with Gasteiger partial charge in [-0.1, -0.05) is 29.3 Å². The van der Waals surface area contributed by atoms with Gasteiger partial charge in [-0.2, -0.15) is 0 Å². The van der Waals surface area contributed by atoms with Crippen LogP contribution in [0.15, 0.2) is 18.2 Å². The van der Waals surface area contributed by atoms with Crippen LogP contribution in [0.3, 0.4) is 0 Å². The first kappa shape index (κ1) is 18.8. The molecule has 1 amide bonds. The molecular formula is C17H19Cl2NO5S. The summed E-state index contributed by atoms with van der Waals surface area (Å²) in [6.07, 6.45) is -2.70. The van der Waals surface area contributed by atoms with Crippen LogP contribution in [0.4, 0.5) is 0 Å². The fourth-order valence-electron chi connectivity index (χ4n) is 3.54. The summed E-state index contributed by atoms with van der Waals surface area (Å²) in [5.74, 6) is -0.526. The minimum atomic E-state index is -0.887. The van der Waals surface area contributed by atoms with E-state index in [1.54, 1.807) is 36.9 Å². The van der Waals surface area contributed by atoms with E-state index in [0.717, 1.165) is 0 Å². The number of carbonyl (C=O) groups excluding carboxylic acids is 1. The summed E-state index contributed by atoms with van der Waals surface area (Å²) in [5.41, 5.74) is 0.702. The van der Waals surface area contributed by atoms with Crippen molar-refractivity contribution in [3.05, 3.63) is 33.8 Å². The molecule has 6 nitrogen and oxygen atoms in total. The number of hydrogen-bond donors (Lipinski definition) is 1. The Kier molecular flexibility index (Phi) is 4.93. The zero-order valence-electron chi connectivity index (χ0n) is 14.2. The molecule has 3 heterocycles. The standard InChI is InChI=1S/C17H19Cl2NO5S/c1-17(2)24-14-13(22)10(23-16(14)25-17)6-20-11(21)7-26-15(20)12-8(18)4-3-5-9(12)19/h3-5,10,13-16,22H,6-7H2,1-2H3/t10-,13+,14-,15+,16-/m1/s1. The molecule has 3 aliphatic rings. The van der Waals surface area contributed by atoms with Crippen molar-refractivity contribution in [2.45, 2.75) is 49.6 Å². The molecule has 1 N–H and O–H groups in total. The molecule has 1 aromatic rings. The van der Waals surface area contributed by atoms with Crippen LogP contribution in [0.1, 0.15) is 24.8 Å². The zero-order valence-corrected chi connectivity index (χ0v) is 16.6. The smallest absolute Gasteiger partial charge is 0.233 e. The van der Waals surface area contributed by atoms with Crippen LogP contribution in [0.2, 0.25) is 10.0 Å². The van der Waals surface area contributed by atoms with E-state index in [1.165, 1.54) is 11.8 Å². The molecule has 0 unspecified atom stereocenters. The number of amides is 1. The third kappa shape index (κ3) is 3.24. The fraction of sp³-hybridized carbons (Fsp3) is 0.588. The summed E-state index contributed by atoms with van der Waals surface area (Å²) in [6.45, 7) is 3.75. The first-order valence-electron chi connectivity index (χ1n) is 8.31. The number of aliphatic hydroxyl groups excluding tert-OH is 1. The lowest BCUT2D eigenvalue weighted by atomic mass is 10.1. The zero-order chi connectivity index (χ0) is 18.6. The minimum absolute atomic E-state index is 0.0500. The number of ether oxygens (including phenoxy) is 3. The van der Waals surface area contributed by atoms with E-state index in [4.69, 9.17) is 37.4 Å². The summed E-state index contributed by atoms with van der Waals surface area (Å²) in [7, 11) is 0. The SMILES string of the molecule is CC1(C)O[C@H]2O[C@H](CN3C(=O)CS[C@H]3c3c(Cl)cccc3Cl)[C@H](O)[C@H]2O1. The maximum absolute atomic E-state index is 12.4. The largest absolute Gasteiger partial charge is 0.387 e. The van der Waals surface area contributed by atoms with E-state index < -0.39 is 30.4 Å². The van der Waals surface area contributed by atoms with Crippen molar-refractivity contribution >= 4 is 40.9 Å². The van der Waals surface area contributed by atoms with E-state index >= 15 is 0 Å². The minimum Gasteiger partial charge on any atom is -0.387 e. The number of carbonyl (C=O) groups is 1. The lowest BCUT2D eigenvalue weighted by Crippen LogP contribution is -2.43. The van der Waals surface area contributed by atoms with Crippen LogP contribution >= 0.6 is 35.0 Å². The van der Waals surface area contributed by atoms with Crippen LogP contribution in [0.25, 0.3) is 0 Å². The fourth-order valence-corrected chi connectivity index (χ4v) is 5.54. The van der Waals surface area contributed by atoms with Gasteiger partial charge in [-0.25, -0.2) is 0 Å². The number of halogens is 2. The summed E-state index contributed by atoms with van der Waals surface area (Å²) in [4.78, 5) is 14.1. The normalized spacial score (nSPS) is 36.0. The second-order valence-corrected chi connectivity index (χ2v) is 8.86. The molecule has 142 valence electrons. The molecule has 0 spiro atoms. The Morgan fingerprint density at radius 2 is 2.00 bits per heavy atom. The Labute approximate surface area is 165 Å². The quantitative estimate of drug-likeness (QED) is 0.811. The summed E-state index contributed by atoms with van der Waals surface area (Å²) in [6, 6.07) is 5.26. The predicted molar refractivity (Wildman–Crippen MR) is 98.1 cm³/mol. The Bertz CT molecular complexity index is 713. The van der Waals surface area contributed by atoms with Crippen LogP contribution in [-0.4, -0.2) is 58.6 Å². The molecule has 0 bridgehead atoms. The molecule has 9 heteroatoms. The molecule has 0 saturated carbocycles. The maximum Gasteiger partial charge on any atom is 0.233 e. The molecule has 26 heavy (non-hydrogen) atoms. The highest BCUT2D eigenvalue weighted by Crippen LogP contribution is 2.45. The van der Waals surface area contributed by atoms with E-state index in [-0.39, 0.29) is 17.8 Å². The summed E-state index contributed by atoms with van der Waals surface area (Å²) in [5, 5.41) is 11.3. The second-order valence-electron chi connectivity index (χ2n) is 6.98. The molecular weight excluding hydrogens is 401 g/mol. The Morgan fingerprint density at radius 1 is 1.31 bits per heavy atom. The van der Waals surface area contributed by atoms with Crippen molar-refractivity contribution in [3.8, 4) is 0 Å². The first-order chi connectivity index (χ1) is 12.3. The Balaban J connectivity index is 1.53. The summed E-state index contributed by atoms with van der Waals surface area (Å²) >= 11 is 14.1. The Hall–Kier alpha value is -0.540. The first-order valence-corrected chi connectivity index (χ1v) is 10.1. The number of hydrogen-bond acceptors (Lipinski definition) is 6. The molecule has 0 aromatic heterocycles. The highest BCUT2D eigenvalue weighted by atomic mass is 35.5. The molecule has 3 aliphatic heterocycles. The lowest BCUT2D eigenvalue weighted by molar-refractivity contribution is -0.216. The highest BCUT2D eigenvalue weighted by molar-refractivity contribution is 8.00. The van der Waals surface area contributed by atoms with Gasteiger partial charge in [-0.05, 0) is 26.0 Å². The van der Waals surface area contributed by atoms with Crippen LogP contribution in [0.5, 0.6) is 0 Å². The van der Waals surface area contributed by atoms with Gasteiger partial charge in [0.05, 0.1) is 12.3 Å². The topological polar surface area (TPSA) is 68.2 Å². The van der Waals surface area contributed by atoms with Crippen LogP contribution in [0, 0.1) is 0 Å². The monoisotopic (exact) mass is 419 g/mol. The number of benzene rings is 1. The average Bonchev–Trinajstić information content (AvgIpc) is 3.14. The molecule has 5 atom stereocenters. The second kappa shape index (κ2) is 6.81. The number of thioether (sulfide) groups is 1. The van der Waals surface area contributed by atoms with Crippen molar-refractivity contribution in [2.24, 2.45) is 0 Å². The lowest BCUT2D eigenvalue weighted by Gasteiger charge is -2.30. The van der Waals surface area contributed by atoms with Crippen molar-refractivity contribution in [3.63, 3.8) is 0 Å². The highest BCUT2D eigenvalue weighted by Gasteiger charge is 2.55. The van der Waals surface area contributed by atoms with Gasteiger partial charge in [0.1, 0.15) is 23.7 Å². The Morgan fingerprint density at radius 3 is 2.65 bits per heavy atom. The molecule has 4 rings (SSSR count). The molecule has 0 radical (unpaired) electrons. The van der Waals surface area contributed by atoms with Crippen molar-refractivity contribution in [1.82, 2.24) is 4.90 Å². The molecule has 1 aromatic carbocycles. The maximum atomic E-state index is 12.4. The molecule has 0 aliphatic carbocycles. The van der Waals surface area contributed by atoms with Gasteiger partial charge in [0.2, 0.25) is 5.91 Å². The van der Waals surface area contributed by atoms with Crippen molar-refractivity contribution < 1.29 is 24.1 Å². The predicted octanol–water partition coefficient (Wildman–Crippen LogP) is 2.80. The van der Waals surface area contributed by atoms with Crippen molar-refractivity contribution in [2.75, 3.05) is 12.3 Å². The third-order valence-electron chi connectivity index (χ3n) is 4.71. The molecule has 3 saturated heterocycles. The number of rotatable bonds is 3. The van der Waals surface area contributed by atoms with Gasteiger partial charge in [0.25, 0.3) is 0 Å². The van der Waals surface area contributed by atoms with Gasteiger partial charge < -0.3 is 24.2 Å². The summed E-state index contributed by atoms with van der Waals surface area (Å²) < 4.78 is 17.2. The molecule has 3 fully saturated rings.